The highest BCUT2D eigenvalue weighted by Gasteiger charge is 2.31. The molecule has 0 bridgehead atoms. The van der Waals surface area contributed by atoms with Gasteiger partial charge in [-0.3, -0.25) is 4.79 Å². The van der Waals surface area contributed by atoms with E-state index >= 15 is 0 Å². The molecule has 8 nitrogen and oxygen atoms in total. The number of rotatable bonds is 9. The molecule has 0 radical (unpaired) electrons. The number of carbonyl (C=O) groups excluding carboxylic acids is 2. The Bertz CT molecular complexity index is 1060. The molecule has 0 heterocycles. The van der Waals surface area contributed by atoms with E-state index in [1.807, 2.05) is 50.2 Å². The fourth-order valence-electron chi connectivity index (χ4n) is 4.35. The lowest BCUT2D eigenvalue weighted by molar-refractivity contribution is -0.137. The molecule has 0 saturated heterocycles. The SMILES string of the molecule is CC(C)(CNC(=O)OC(C)(C)C)CN(CCC(=O)O)C(=O)OCC1c2ccccc2-c2ccccc21. The van der Waals surface area contributed by atoms with Crippen LogP contribution in [0.1, 0.15) is 58.1 Å². The topological polar surface area (TPSA) is 105 Å². The molecule has 1 aliphatic rings. The van der Waals surface area contributed by atoms with Gasteiger partial charge < -0.3 is 24.8 Å². The van der Waals surface area contributed by atoms with Gasteiger partial charge >= 0.3 is 18.2 Å². The van der Waals surface area contributed by atoms with Crippen LogP contribution in [0.4, 0.5) is 9.59 Å². The Labute approximate surface area is 212 Å². The third kappa shape index (κ3) is 7.23. The molecule has 2 N–H and O–H groups in total. The van der Waals surface area contributed by atoms with Crippen molar-refractivity contribution in [2.75, 3.05) is 26.2 Å². The van der Waals surface area contributed by atoms with Crippen LogP contribution in [-0.4, -0.2) is 60.0 Å². The van der Waals surface area contributed by atoms with E-state index < -0.39 is 29.2 Å². The number of benzene rings is 2. The van der Waals surface area contributed by atoms with Crippen molar-refractivity contribution >= 4 is 18.2 Å². The van der Waals surface area contributed by atoms with Gasteiger partial charge in [0.05, 0.1) is 6.42 Å². The summed E-state index contributed by atoms with van der Waals surface area (Å²) in [4.78, 5) is 37.8. The third-order valence-corrected chi connectivity index (χ3v) is 5.92. The van der Waals surface area contributed by atoms with Crippen LogP contribution in [0.5, 0.6) is 0 Å². The van der Waals surface area contributed by atoms with Crippen LogP contribution in [0.15, 0.2) is 48.5 Å². The number of alkyl carbamates (subject to hydrolysis) is 1. The van der Waals surface area contributed by atoms with E-state index in [4.69, 9.17) is 9.47 Å². The number of carboxylic acid groups (broad SMARTS) is 1. The third-order valence-electron chi connectivity index (χ3n) is 5.92. The molecular formula is C28H36N2O6. The Morgan fingerprint density at radius 1 is 0.944 bits per heavy atom. The minimum Gasteiger partial charge on any atom is -0.481 e. The van der Waals surface area contributed by atoms with Crippen molar-refractivity contribution in [2.24, 2.45) is 5.41 Å². The second-order valence-corrected chi connectivity index (χ2v) is 10.9. The van der Waals surface area contributed by atoms with Gasteiger partial charge in [-0.2, -0.15) is 0 Å². The monoisotopic (exact) mass is 496 g/mol. The standard InChI is InChI=1S/C28H36N2O6/c1-27(2,3)36-25(33)29-17-28(4,5)18-30(15-14-24(31)32)26(34)35-16-23-21-12-8-6-10-19(21)20-11-7-9-13-22(20)23/h6-13,23H,14-18H2,1-5H3,(H,29,33)(H,31,32). The molecule has 2 aromatic rings. The summed E-state index contributed by atoms with van der Waals surface area (Å²) in [6.45, 7) is 9.70. The molecule has 0 atom stereocenters. The first-order chi connectivity index (χ1) is 16.9. The number of hydrogen-bond donors (Lipinski definition) is 2. The largest absolute Gasteiger partial charge is 0.481 e. The van der Waals surface area contributed by atoms with E-state index in [-0.39, 0.29) is 38.6 Å². The van der Waals surface area contributed by atoms with Crippen molar-refractivity contribution < 1.29 is 29.0 Å². The number of amides is 2. The molecule has 0 saturated carbocycles. The van der Waals surface area contributed by atoms with E-state index in [1.165, 1.54) is 4.90 Å². The molecule has 0 spiro atoms. The summed E-state index contributed by atoms with van der Waals surface area (Å²) in [7, 11) is 0. The highest BCUT2D eigenvalue weighted by molar-refractivity contribution is 5.79. The number of carboxylic acids is 1. The number of ether oxygens (including phenoxy) is 2. The normalized spacial score (nSPS) is 12.9. The van der Waals surface area contributed by atoms with Crippen molar-refractivity contribution in [3.05, 3.63) is 59.7 Å². The number of nitrogens with zero attached hydrogens (tertiary/aromatic N) is 1. The molecule has 3 rings (SSSR count). The molecule has 0 fully saturated rings. The minimum atomic E-state index is -1.00. The van der Waals surface area contributed by atoms with Gasteiger partial charge in [0.25, 0.3) is 0 Å². The van der Waals surface area contributed by atoms with Crippen LogP contribution in [0.25, 0.3) is 11.1 Å². The van der Waals surface area contributed by atoms with Crippen molar-refractivity contribution in [2.45, 2.75) is 52.6 Å². The summed E-state index contributed by atoms with van der Waals surface area (Å²) < 4.78 is 11.0. The van der Waals surface area contributed by atoms with Crippen LogP contribution in [0, 0.1) is 5.41 Å². The highest BCUT2D eigenvalue weighted by Crippen LogP contribution is 2.44. The smallest absolute Gasteiger partial charge is 0.409 e. The molecule has 2 aromatic carbocycles. The zero-order chi connectivity index (χ0) is 26.5. The molecule has 0 aliphatic heterocycles. The molecule has 0 aromatic heterocycles. The van der Waals surface area contributed by atoms with Gasteiger partial charge in [0.15, 0.2) is 0 Å². The maximum absolute atomic E-state index is 13.1. The molecule has 1 aliphatic carbocycles. The minimum absolute atomic E-state index is 0.00186. The molecule has 36 heavy (non-hydrogen) atoms. The predicted molar refractivity (Wildman–Crippen MR) is 137 cm³/mol. The van der Waals surface area contributed by atoms with Crippen molar-refractivity contribution in [1.29, 1.82) is 0 Å². The average molecular weight is 497 g/mol. The Balaban J connectivity index is 1.67. The number of fused-ring (bicyclic) bond motifs is 3. The van der Waals surface area contributed by atoms with Crippen LogP contribution in [-0.2, 0) is 14.3 Å². The summed E-state index contributed by atoms with van der Waals surface area (Å²) in [6, 6.07) is 16.1. The van der Waals surface area contributed by atoms with Gasteiger partial charge in [0.2, 0.25) is 0 Å². The Kier molecular flexibility index (Phi) is 8.28. The Morgan fingerprint density at radius 2 is 1.50 bits per heavy atom. The summed E-state index contributed by atoms with van der Waals surface area (Å²) >= 11 is 0. The van der Waals surface area contributed by atoms with Crippen molar-refractivity contribution in [1.82, 2.24) is 10.2 Å². The summed E-state index contributed by atoms with van der Waals surface area (Å²) in [5.41, 5.74) is 3.29. The molecule has 194 valence electrons. The summed E-state index contributed by atoms with van der Waals surface area (Å²) in [5.74, 6) is -1.10. The molecule has 0 unspecified atom stereocenters. The number of aliphatic carboxylic acids is 1. The van der Waals surface area contributed by atoms with Gasteiger partial charge in [-0.15, -0.1) is 0 Å². The first-order valence-corrected chi connectivity index (χ1v) is 12.1. The lowest BCUT2D eigenvalue weighted by atomic mass is 9.92. The lowest BCUT2D eigenvalue weighted by Gasteiger charge is -2.32. The van der Waals surface area contributed by atoms with Gasteiger partial charge in [-0.1, -0.05) is 62.4 Å². The lowest BCUT2D eigenvalue weighted by Crippen LogP contribution is -2.46. The van der Waals surface area contributed by atoms with Gasteiger partial charge in [-0.05, 0) is 48.4 Å². The number of nitrogens with one attached hydrogen (secondary N) is 1. The maximum Gasteiger partial charge on any atom is 0.409 e. The first kappa shape index (κ1) is 27.0. The van der Waals surface area contributed by atoms with Crippen molar-refractivity contribution in [3.8, 4) is 11.1 Å². The molecule has 2 amide bonds. The van der Waals surface area contributed by atoms with Crippen LogP contribution in [0.2, 0.25) is 0 Å². The Morgan fingerprint density at radius 3 is 2.03 bits per heavy atom. The number of carbonyl (C=O) groups is 3. The summed E-state index contributed by atoms with van der Waals surface area (Å²) in [6.07, 6.45) is -1.34. The van der Waals surface area contributed by atoms with Crippen molar-refractivity contribution in [3.63, 3.8) is 0 Å². The van der Waals surface area contributed by atoms with Gasteiger partial charge in [0, 0.05) is 25.6 Å². The number of hydrogen-bond acceptors (Lipinski definition) is 5. The summed E-state index contributed by atoms with van der Waals surface area (Å²) in [5, 5.41) is 11.9. The zero-order valence-corrected chi connectivity index (χ0v) is 21.7. The van der Waals surface area contributed by atoms with E-state index in [2.05, 4.69) is 17.4 Å². The van der Waals surface area contributed by atoms with E-state index in [0.29, 0.717) is 0 Å². The average Bonchev–Trinajstić information content (AvgIpc) is 3.11. The fourth-order valence-corrected chi connectivity index (χ4v) is 4.35. The van der Waals surface area contributed by atoms with E-state index in [0.717, 1.165) is 22.3 Å². The molecule has 8 heteroatoms. The second-order valence-electron chi connectivity index (χ2n) is 10.9. The quantitative estimate of drug-likeness (QED) is 0.490. The fraction of sp³-hybridized carbons (Fsp3) is 0.464. The maximum atomic E-state index is 13.1. The first-order valence-electron chi connectivity index (χ1n) is 12.1. The molecular weight excluding hydrogens is 460 g/mol. The van der Waals surface area contributed by atoms with Crippen LogP contribution < -0.4 is 5.32 Å². The second kappa shape index (κ2) is 11.0. The van der Waals surface area contributed by atoms with Gasteiger partial charge in [0.1, 0.15) is 12.2 Å². The van der Waals surface area contributed by atoms with E-state index in [9.17, 15) is 19.5 Å². The van der Waals surface area contributed by atoms with Gasteiger partial charge in [-0.25, -0.2) is 9.59 Å². The zero-order valence-electron chi connectivity index (χ0n) is 21.7. The van der Waals surface area contributed by atoms with E-state index in [1.54, 1.807) is 20.8 Å². The highest BCUT2D eigenvalue weighted by atomic mass is 16.6. The predicted octanol–water partition coefficient (Wildman–Crippen LogP) is 5.26. The Hall–Kier alpha value is -3.55. The van der Waals surface area contributed by atoms with Crippen LogP contribution >= 0.6 is 0 Å². The van der Waals surface area contributed by atoms with Crippen LogP contribution in [0.3, 0.4) is 0 Å².